The van der Waals surface area contributed by atoms with Crippen LogP contribution in [-0.4, -0.2) is 42.8 Å². The summed E-state index contributed by atoms with van der Waals surface area (Å²) < 4.78 is 41.7. The van der Waals surface area contributed by atoms with Gasteiger partial charge in [-0.05, 0) is 51.3 Å². The van der Waals surface area contributed by atoms with E-state index in [9.17, 15) is 9.18 Å². The Kier molecular flexibility index (Phi) is 3.99. The molecule has 0 aliphatic carbocycles. The van der Waals surface area contributed by atoms with Gasteiger partial charge in [-0.15, -0.1) is 0 Å². The van der Waals surface area contributed by atoms with E-state index in [1.165, 1.54) is 6.07 Å². The number of rotatable bonds is 1. The van der Waals surface area contributed by atoms with Crippen LogP contribution < -0.4 is 10.1 Å². The van der Waals surface area contributed by atoms with Gasteiger partial charge in [-0.3, -0.25) is 4.90 Å². The summed E-state index contributed by atoms with van der Waals surface area (Å²) in [4.78, 5) is 14.1. The Morgan fingerprint density at radius 3 is 3.04 bits per heavy atom. The second-order valence-corrected chi connectivity index (χ2v) is 7.04. The normalized spacial score (nSPS) is 24.3. The molecule has 1 fully saturated rings. The molecule has 1 atom stereocenters. The summed E-state index contributed by atoms with van der Waals surface area (Å²) in [5, 5.41) is 3.21. The van der Waals surface area contributed by atoms with E-state index in [1.54, 1.807) is 31.7 Å². The molecule has 1 aromatic carbocycles. The van der Waals surface area contributed by atoms with Gasteiger partial charge < -0.3 is 14.8 Å². The zero-order chi connectivity index (χ0) is 19.1. The maximum absolute atomic E-state index is 14.7. The maximum Gasteiger partial charge on any atom is 0.410 e. The van der Waals surface area contributed by atoms with Crippen LogP contribution in [0, 0.1) is 5.82 Å². The molecule has 0 bridgehead atoms. The first-order valence-corrected chi connectivity index (χ1v) is 8.25. The highest BCUT2D eigenvalue weighted by atomic mass is 19.1. The van der Waals surface area contributed by atoms with Gasteiger partial charge in [-0.1, -0.05) is 0 Å². The van der Waals surface area contributed by atoms with Crippen molar-refractivity contribution in [3.63, 3.8) is 0 Å². The summed E-state index contributed by atoms with van der Waals surface area (Å²) in [5.74, 6) is -0.428. The minimum Gasteiger partial charge on any atom is -0.493 e. The number of carbonyl (C=O) groups excluding carboxylic acids is 1. The summed E-state index contributed by atoms with van der Waals surface area (Å²) >= 11 is 0. The maximum atomic E-state index is 14.7. The summed E-state index contributed by atoms with van der Waals surface area (Å²) in [6, 6.07) is 2.54. The molecule has 6 heteroatoms. The second-order valence-electron chi connectivity index (χ2n) is 7.04. The third kappa shape index (κ3) is 3.64. The smallest absolute Gasteiger partial charge is 0.410 e. The molecule has 24 heavy (non-hydrogen) atoms. The van der Waals surface area contributed by atoms with Crippen molar-refractivity contribution in [2.24, 2.45) is 0 Å². The molecule has 1 aromatic rings. The van der Waals surface area contributed by atoms with Gasteiger partial charge in [0.1, 0.15) is 17.2 Å². The third-order valence-corrected chi connectivity index (χ3v) is 3.99. The Balaban J connectivity index is 1.94. The standard InChI is InChI=1S/C18H25FN2O3/c1-18(2,3)24-17(22)21-7-6-20-11-15(21)12-9-14(19)13-5-4-8-23-16(13)10-12/h9-10,15,20H,4-8,11H2,1-3H3/i5D2. The van der Waals surface area contributed by atoms with E-state index in [1.807, 2.05) is 0 Å². The number of hydrogen-bond donors (Lipinski definition) is 1. The molecule has 1 N–H and O–H groups in total. The van der Waals surface area contributed by atoms with Gasteiger partial charge in [-0.2, -0.15) is 0 Å². The lowest BCUT2D eigenvalue weighted by Crippen LogP contribution is -2.50. The molecule has 3 rings (SSSR count). The average molecular weight is 338 g/mol. The van der Waals surface area contributed by atoms with Crippen LogP contribution in [0.4, 0.5) is 9.18 Å². The van der Waals surface area contributed by atoms with Crippen LogP contribution in [0.15, 0.2) is 12.1 Å². The van der Waals surface area contributed by atoms with Crippen LogP contribution in [-0.2, 0) is 11.1 Å². The highest BCUT2D eigenvalue weighted by Crippen LogP contribution is 2.33. The Morgan fingerprint density at radius 1 is 1.50 bits per heavy atom. The number of hydrogen-bond acceptors (Lipinski definition) is 4. The van der Waals surface area contributed by atoms with Crippen molar-refractivity contribution in [3.8, 4) is 5.75 Å². The summed E-state index contributed by atoms with van der Waals surface area (Å²) in [5.41, 5.74) is -0.0932. The zero-order valence-electron chi connectivity index (χ0n) is 16.3. The molecule has 2 aliphatic rings. The fraction of sp³-hybridized carbons (Fsp3) is 0.611. The number of carbonyl (C=O) groups is 1. The lowest BCUT2D eigenvalue weighted by molar-refractivity contribution is 0.0117. The van der Waals surface area contributed by atoms with Crippen LogP contribution in [0.2, 0.25) is 0 Å². The first kappa shape index (κ1) is 14.5. The Hall–Kier alpha value is -1.82. The Bertz CT molecular complexity index is 706. The third-order valence-electron chi connectivity index (χ3n) is 3.99. The molecule has 2 heterocycles. The molecule has 0 saturated carbocycles. The molecule has 1 amide bonds. The molecular formula is C18H25FN2O3. The van der Waals surface area contributed by atoms with E-state index in [-0.39, 0.29) is 24.3 Å². The van der Waals surface area contributed by atoms with Crippen LogP contribution >= 0.6 is 0 Å². The predicted molar refractivity (Wildman–Crippen MR) is 88.8 cm³/mol. The molecule has 1 saturated heterocycles. The summed E-state index contributed by atoms with van der Waals surface area (Å²) in [6.45, 7) is 7.14. The van der Waals surface area contributed by atoms with E-state index < -0.39 is 29.9 Å². The van der Waals surface area contributed by atoms with Crippen molar-refractivity contribution < 1.29 is 21.4 Å². The highest BCUT2D eigenvalue weighted by Gasteiger charge is 2.32. The molecule has 2 aliphatic heterocycles. The SMILES string of the molecule is [2H]C1([2H])CCOc2cc(C3CNCCN3C(=O)OC(C)(C)C)cc(F)c21. The van der Waals surface area contributed by atoms with Gasteiger partial charge in [0, 0.05) is 27.9 Å². The fourth-order valence-electron chi connectivity index (χ4n) is 2.96. The average Bonchev–Trinajstić information content (AvgIpc) is 2.52. The van der Waals surface area contributed by atoms with Crippen molar-refractivity contribution in [2.45, 2.75) is 45.2 Å². The van der Waals surface area contributed by atoms with Crippen LogP contribution in [0.1, 0.15) is 47.1 Å². The van der Waals surface area contributed by atoms with Gasteiger partial charge in [-0.25, -0.2) is 9.18 Å². The minimum atomic E-state index is -1.76. The van der Waals surface area contributed by atoms with E-state index in [0.717, 1.165) is 0 Å². The number of benzene rings is 1. The van der Waals surface area contributed by atoms with Crippen molar-refractivity contribution in [2.75, 3.05) is 26.2 Å². The molecule has 132 valence electrons. The van der Waals surface area contributed by atoms with Crippen molar-refractivity contribution >= 4 is 6.09 Å². The topological polar surface area (TPSA) is 50.8 Å². The zero-order valence-corrected chi connectivity index (χ0v) is 14.3. The Morgan fingerprint density at radius 2 is 2.29 bits per heavy atom. The molecule has 0 aromatic heterocycles. The van der Waals surface area contributed by atoms with E-state index >= 15 is 0 Å². The monoisotopic (exact) mass is 338 g/mol. The first-order valence-electron chi connectivity index (χ1n) is 9.25. The second kappa shape index (κ2) is 6.59. The van der Waals surface area contributed by atoms with Gasteiger partial charge in [0.15, 0.2) is 0 Å². The summed E-state index contributed by atoms with van der Waals surface area (Å²) in [7, 11) is 0. The van der Waals surface area contributed by atoms with Gasteiger partial charge in [0.05, 0.1) is 12.6 Å². The highest BCUT2D eigenvalue weighted by molar-refractivity contribution is 5.69. The number of amides is 1. The molecule has 0 spiro atoms. The molecule has 1 unspecified atom stereocenters. The number of nitrogens with one attached hydrogen (secondary N) is 1. The fourth-order valence-corrected chi connectivity index (χ4v) is 2.96. The number of piperazine rings is 1. The van der Waals surface area contributed by atoms with E-state index in [4.69, 9.17) is 12.2 Å². The van der Waals surface area contributed by atoms with Gasteiger partial charge in [0.25, 0.3) is 0 Å². The van der Waals surface area contributed by atoms with E-state index in [2.05, 4.69) is 5.32 Å². The number of halogens is 1. The van der Waals surface area contributed by atoms with E-state index in [0.29, 0.717) is 25.2 Å². The largest absolute Gasteiger partial charge is 0.493 e. The number of ether oxygens (including phenoxy) is 2. The molecule has 5 nitrogen and oxygen atoms in total. The quantitative estimate of drug-likeness (QED) is 0.855. The van der Waals surface area contributed by atoms with Crippen LogP contribution in [0.25, 0.3) is 0 Å². The van der Waals surface area contributed by atoms with Crippen molar-refractivity contribution in [3.05, 3.63) is 29.1 Å². The molecular weight excluding hydrogens is 311 g/mol. The molecule has 0 radical (unpaired) electrons. The summed E-state index contributed by atoms with van der Waals surface area (Å²) in [6.07, 6.45) is -2.09. The number of nitrogens with zero attached hydrogens (tertiary/aromatic N) is 1. The van der Waals surface area contributed by atoms with Gasteiger partial charge in [0.2, 0.25) is 0 Å². The van der Waals surface area contributed by atoms with Crippen molar-refractivity contribution in [1.82, 2.24) is 10.2 Å². The van der Waals surface area contributed by atoms with Gasteiger partial charge >= 0.3 is 6.09 Å². The van der Waals surface area contributed by atoms with Crippen LogP contribution in [0.5, 0.6) is 5.75 Å². The van der Waals surface area contributed by atoms with Crippen LogP contribution in [0.3, 0.4) is 0 Å². The minimum absolute atomic E-state index is 0.0416. The lowest BCUT2D eigenvalue weighted by atomic mass is 9.97. The lowest BCUT2D eigenvalue weighted by Gasteiger charge is -2.37. The predicted octanol–water partition coefficient (Wildman–Crippen LogP) is 3.03. The van der Waals surface area contributed by atoms with Crippen molar-refractivity contribution in [1.29, 1.82) is 0 Å². The first-order chi connectivity index (χ1) is 12.1. The number of fused-ring (bicyclic) bond motifs is 1. The Labute approximate surface area is 144 Å².